The summed E-state index contributed by atoms with van der Waals surface area (Å²) in [4.78, 5) is 0. The molecule has 0 amide bonds. The molecule has 1 saturated heterocycles. The minimum absolute atomic E-state index is 0.477. The predicted octanol–water partition coefficient (Wildman–Crippen LogP) is 1.10. The van der Waals surface area contributed by atoms with Gasteiger partial charge in [0.05, 0.1) is 6.61 Å². The minimum atomic E-state index is -0.477. The highest BCUT2D eigenvalue weighted by Gasteiger charge is 2.49. The van der Waals surface area contributed by atoms with Crippen molar-refractivity contribution in [1.29, 1.82) is 0 Å². The number of aliphatic hydroxyl groups excluding tert-OH is 1. The van der Waals surface area contributed by atoms with Gasteiger partial charge in [0, 0.05) is 12.5 Å². The Morgan fingerprint density at radius 1 is 1.29 bits per heavy atom. The highest BCUT2D eigenvalue weighted by Crippen LogP contribution is 2.50. The Labute approximate surface area is 85.6 Å². The van der Waals surface area contributed by atoms with E-state index in [-0.39, 0.29) is 0 Å². The summed E-state index contributed by atoms with van der Waals surface area (Å²) in [5.41, 5.74) is 5.67. The van der Waals surface area contributed by atoms with Gasteiger partial charge in [0.25, 0.3) is 0 Å². The van der Waals surface area contributed by atoms with Gasteiger partial charge in [-0.3, -0.25) is 0 Å². The van der Waals surface area contributed by atoms with Gasteiger partial charge in [-0.05, 0) is 30.6 Å². The Bertz CT molecular complexity index is 180. The average Bonchev–Trinajstić information content (AvgIpc) is 2.63. The number of rotatable bonds is 0. The van der Waals surface area contributed by atoms with Crippen molar-refractivity contribution in [2.75, 3.05) is 6.61 Å². The van der Waals surface area contributed by atoms with Crippen LogP contribution in [0.3, 0.4) is 0 Å². The van der Waals surface area contributed by atoms with Gasteiger partial charge in [-0.15, -0.1) is 0 Å². The van der Waals surface area contributed by atoms with Crippen LogP contribution in [-0.2, 0) is 4.74 Å². The molecule has 3 nitrogen and oxygen atoms in total. The lowest BCUT2D eigenvalue weighted by molar-refractivity contribution is -0.0591. The van der Waals surface area contributed by atoms with Crippen LogP contribution >= 0.6 is 0 Å². The summed E-state index contributed by atoms with van der Waals surface area (Å²) in [6, 6.07) is 0.619. The van der Waals surface area contributed by atoms with Crippen LogP contribution in [0.4, 0.5) is 0 Å². The summed E-state index contributed by atoms with van der Waals surface area (Å²) in [5.74, 6) is 2.47. The third kappa shape index (κ3) is 2.27. The minimum Gasteiger partial charge on any atom is -0.368 e. The van der Waals surface area contributed by atoms with Crippen LogP contribution in [0.25, 0.3) is 0 Å². The lowest BCUT2D eigenvalue weighted by atomic mass is 10.1. The van der Waals surface area contributed by atoms with Crippen LogP contribution < -0.4 is 5.73 Å². The highest BCUT2D eigenvalue weighted by molar-refractivity contribution is 5.04. The van der Waals surface area contributed by atoms with Gasteiger partial charge in [-0.2, -0.15) is 0 Å². The van der Waals surface area contributed by atoms with E-state index in [9.17, 15) is 0 Å². The molecule has 0 aromatic heterocycles. The zero-order chi connectivity index (χ0) is 10.1. The van der Waals surface area contributed by atoms with E-state index in [1.54, 1.807) is 0 Å². The molecule has 2 saturated carbocycles. The van der Waals surface area contributed by atoms with Crippen LogP contribution in [0.5, 0.6) is 0 Å². The van der Waals surface area contributed by atoms with E-state index < -0.39 is 6.29 Å². The lowest BCUT2D eigenvalue weighted by Gasteiger charge is -1.94. The van der Waals surface area contributed by atoms with Crippen LogP contribution in [-0.4, -0.2) is 24.0 Å². The van der Waals surface area contributed by atoms with Crippen molar-refractivity contribution in [2.24, 2.45) is 23.5 Å². The molecule has 2 aliphatic carbocycles. The summed E-state index contributed by atoms with van der Waals surface area (Å²) in [5, 5.41) is 8.68. The lowest BCUT2D eigenvalue weighted by Crippen LogP contribution is -2.05. The molecule has 14 heavy (non-hydrogen) atoms. The summed E-state index contributed by atoms with van der Waals surface area (Å²) in [7, 11) is 0. The smallest absolute Gasteiger partial charge is 0.154 e. The molecule has 4 atom stereocenters. The van der Waals surface area contributed by atoms with Crippen LogP contribution in [0.2, 0.25) is 0 Å². The first kappa shape index (κ1) is 10.4. The molecule has 3 aliphatic rings. The van der Waals surface area contributed by atoms with Crippen molar-refractivity contribution in [2.45, 2.75) is 44.9 Å². The van der Waals surface area contributed by atoms with Gasteiger partial charge < -0.3 is 15.6 Å². The Hall–Kier alpha value is -0.120. The second kappa shape index (κ2) is 4.17. The molecular formula is C11H21NO2. The molecule has 82 valence electrons. The summed E-state index contributed by atoms with van der Waals surface area (Å²) >= 11 is 0. The molecule has 1 aliphatic heterocycles. The van der Waals surface area contributed by atoms with E-state index >= 15 is 0 Å². The summed E-state index contributed by atoms with van der Waals surface area (Å²) in [6.45, 7) is 2.79. The van der Waals surface area contributed by atoms with Crippen LogP contribution in [0.1, 0.15) is 32.6 Å². The monoisotopic (exact) mass is 199 g/mol. The van der Waals surface area contributed by atoms with E-state index in [0.29, 0.717) is 12.0 Å². The molecule has 0 radical (unpaired) electrons. The fourth-order valence-electron chi connectivity index (χ4n) is 2.63. The number of nitrogens with two attached hydrogens (primary N) is 1. The topological polar surface area (TPSA) is 55.5 Å². The maximum atomic E-state index is 8.68. The molecule has 0 bridgehead atoms. The van der Waals surface area contributed by atoms with E-state index in [1.165, 1.54) is 19.3 Å². The van der Waals surface area contributed by atoms with Gasteiger partial charge in [0.1, 0.15) is 0 Å². The molecule has 3 fully saturated rings. The van der Waals surface area contributed by atoms with Crippen LogP contribution in [0, 0.1) is 17.8 Å². The van der Waals surface area contributed by atoms with E-state index in [0.717, 1.165) is 24.9 Å². The Morgan fingerprint density at radius 3 is 2.14 bits per heavy atom. The van der Waals surface area contributed by atoms with Crippen molar-refractivity contribution in [1.82, 2.24) is 0 Å². The van der Waals surface area contributed by atoms with Gasteiger partial charge in [0.2, 0.25) is 0 Å². The SMILES string of the molecule is C[C@@H]1CO[C@H](O)C1.NC1C2CCCC12. The molecule has 3 rings (SSSR count). The second-order valence-corrected chi connectivity index (χ2v) is 4.96. The zero-order valence-corrected chi connectivity index (χ0v) is 8.86. The van der Waals surface area contributed by atoms with Gasteiger partial charge in [0.15, 0.2) is 6.29 Å². The normalized spacial score (nSPS) is 49.5. The van der Waals surface area contributed by atoms with Gasteiger partial charge >= 0.3 is 0 Å². The number of aliphatic hydroxyl groups is 1. The van der Waals surface area contributed by atoms with Crippen molar-refractivity contribution in [3.63, 3.8) is 0 Å². The average molecular weight is 199 g/mol. The fourth-order valence-corrected chi connectivity index (χ4v) is 2.63. The quantitative estimate of drug-likeness (QED) is 0.614. The Balaban J connectivity index is 0.000000107. The molecule has 0 aromatic rings. The molecule has 0 aromatic carbocycles. The molecule has 2 unspecified atom stereocenters. The number of ether oxygens (including phenoxy) is 1. The van der Waals surface area contributed by atoms with E-state index in [1.807, 2.05) is 0 Å². The van der Waals surface area contributed by atoms with Crippen molar-refractivity contribution < 1.29 is 9.84 Å². The second-order valence-electron chi connectivity index (χ2n) is 4.96. The van der Waals surface area contributed by atoms with Crippen molar-refractivity contribution in [3.8, 4) is 0 Å². The first-order valence-corrected chi connectivity index (χ1v) is 5.73. The summed E-state index contributed by atoms with van der Waals surface area (Å²) in [6.07, 6.45) is 4.62. The fraction of sp³-hybridized carbons (Fsp3) is 1.00. The van der Waals surface area contributed by atoms with Gasteiger partial charge in [-0.25, -0.2) is 0 Å². The summed E-state index contributed by atoms with van der Waals surface area (Å²) < 4.78 is 4.82. The molecule has 3 N–H and O–H groups in total. The van der Waals surface area contributed by atoms with Crippen LogP contribution in [0.15, 0.2) is 0 Å². The maximum absolute atomic E-state index is 8.68. The van der Waals surface area contributed by atoms with Crippen molar-refractivity contribution in [3.05, 3.63) is 0 Å². The first-order chi connectivity index (χ1) is 6.68. The third-order valence-electron chi connectivity index (χ3n) is 3.65. The predicted molar refractivity (Wildman–Crippen MR) is 54.5 cm³/mol. The van der Waals surface area contributed by atoms with Gasteiger partial charge in [-0.1, -0.05) is 13.3 Å². The van der Waals surface area contributed by atoms with E-state index in [2.05, 4.69) is 6.92 Å². The number of hydrogen-bond donors (Lipinski definition) is 2. The third-order valence-corrected chi connectivity index (χ3v) is 3.65. The molecular weight excluding hydrogens is 178 g/mol. The zero-order valence-electron chi connectivity index (χ0n) is 8.86. The number of fused-ring (bicyclic) bond motifs is 1. The molecule has 0 spiro atoms. The standard InChI is InChI=1S/C6H11N.C5H10O2/c7-6-4-2-1-3-5(4)6;1-4-2-5(6)7-3-4/h4-6H,1-3,7H2;4-6H,2-3H2,1H3/t;4-,5-/m.0/s1. The van der Waals surface area contributed by atoms with E-state index in [4.69, 9.17) is 15.6 Å². The Morgan fingerprint density at radius 2 is 1.93 bits per heavy atom. The maximum Gasteiger partial charge on any atom is 0.154 e. The molecule has 3 heteroatoms. The van der Waals surface area contributed by atoms with Crippen molar-refractivity contribution >= 4 is 0 Å². The first-order valence-electron chi connectivity index (χ1n) is 5.73. The Kier molecular flexibility index (Phi) is 3.10. The molecule has 1 heterocycles. The largest absolute Gasteiger partial charge is 0.368 e. The highest BCUT2D eigenvalue weighted by atomic mass is 16.6. The number of hydrogen-bond acceptors (Lipinski definition) is 3.